The van der Waals surface area contributed by atoms with Gasteiger partial charge in [-0.3, -0.25) is 9.89 Å². The molecule has 0 radical (unpaired) electrons. The van der Waals surface area contributed by atoms with Gasteiger partial charge in [-0.2, -0.15) is 5.10 Å². The van der Waals surface area contributed by atoms with Gasteiger partial charge in [-0.15, -0.1) is 0 Å². The van der Waals surface area contributed by atoms with Gasteiger partial charge in [0.1, 0.15) is 0 Å². The first-order valence-electron chi connectivity index (χ1n) is 4.65. The van der Waals surface area contributed by atoms with Crippen molar-refractivity contribution >= 4 is 5.91 Å². The van der Waals surface area contributed by atoms with Gasteiger partial charge < -0.3 is 10.6 Å². The lowest BCUT2D eigenvalue weighted by atomic mass is 10.2. The van der Waals surface area contributed by atoms with Crippen molar-refractivity contribution in [3.8, 4) is 0 Å². The molecule has 1 rings (SSSR count). The van der Waals surface area contributed by atoms with E-state index in [4.69, 9.17) is 0 Å². The average Bonchev–Trinajstić information content (AvgIpc) is 2.67. The van der Waals surface area contributed by atoms with Gasteiger partial charge in [-0.05, 0) is 19.5 Å². The quantitative estimate of drug-likeness (QED) is 0.620. The molecule has 0 fully saturated rings. The van der Waals surface area contributed by atoms with Crippen LogP contribution in [0, 0.1) is 5.92 Å². The second-order valence-corrected chi connectivity index (χ2v) is 3.36. The van der Waals surface area contributed by atoms with Crippen molar-refractivity contribution in [2.24, 2.45) is 5.92 Å². The van der Waals surface area contributed by atoms with Crippen molar-refractivity contribution < 1.29 is 4.79 Å². The van der Waals surface area contributed by atoms with E-state index >= 15 is 0 Å². The Bertz CT molecular complexity index is 270. The highest BCUT2D eigenvalue weighted by Gasteiger charge is 2.07. The fourth-order valence-corrected chi connectivity index (χ4v) is 1.16. The minimum Gasteiger partial charge on any atom is -0.352 e. The van der Waals surface area contributed by atoms with Crippen LogP contribution in [-0.2, 0) is 0 Å². The molecule has 5 nitrogen and oxygen atoms in total. The molecule has 0 saturated carbocycles. The third-order valence-electron chi connectivity index (χ3n) is 1.92. The molecule has 0 aliphatic carbocycles. The van der Waals surface area contributed by atoms with Gasteiger partial charge in [0.2, 0.25) is 0 Å². The van der Waals surface area contributed by atoms with E-state index in [1.54, 1.807) is 6.20 Å². The number of carbonyl (C=O) groups excluding carboxylic acids is 1. The molecule has 0 saturated heterocycles. The molecular formula is C9H16N4O. The Balaban J connectivity index is 2.28. The minimum atomic E-state index is -0.0818. The maximum Gasteiger partial charge on any atom is 0.254 e. The Morgan fingerprint density at radius 3 is 3.00 bits per heavy atom. The van der Waals surface area contributed by atoms with Gasteiger partial charge in [0.15, 0.2) is 0 Å². The maximum atomic E-state index is 11.4. The molecule has 78 valence electrons. The number of amides is 1. The molecule has 0 aromatic carbocycles. The molecule has 5 heteroatoms. The third-order valence-corrected chi connectivity index (χ3v) is 1.92. The van der Waals surface area contributed by atoms with Crippen LogP contribution in [0.15, 0.2) is 12.4 Å². The summed E-state index contributed by atoms with van der Waals surface area (Å²) in [6.07, 6.45) is 3.09. The highest BCUT2D eigenvalue weighted by molar-refractivity contribution is 5.93. The summed E-state index contributed by atoms with van der Waals surface area (Å²) in [5.41, 5.74) is 0.571. The summed E-state index contributed by atoms with van der Waals surface area (Å²) in [6, 6.07) is 0. The summed E-state index contributed by atoms with van der Waals surface area (Å²) < 4.78 is 0. The number of aromatic nitrogens is 2. The number of rotatable bonds is 5. The van der Waals surface area contributed by atoms with Gasteiger partial charge in [-0.1, -0.05) is 6.92 Å². The molecule has 1 aromatic rings. The SMILES string of the molecule is CNCC(C)CNC(=O)c1cn[nH]c1. The van der Waals surface area contributed by atoms with Crippen LogP contribution in [0.4, 0.5) is 0 Å². The van der Waals surface area contributed by atoms with Crippen molar-refractivity contribution in [3.05, 3.63) is 18.0 Å². The Hall–Kier alpha value is -1.36. The summed E-state index contributed by atoms with van der Waals surface area (Å²) in [4.78, 5) is 11.4. The first-order valence-corrected chi connectivity index (χ1v) is 4.65. The van der Waals surface area contributed by atoms with Crippen LogP contribution >= 0.6 is 0 Å². The number of hydrogen-bond acceptors (Lipinski definition) is 3. The molecule has 0 aliphatic rings. The van der Waals surface area contributed by atoms with Crippen LogP contribution in [0.3, 0.4) is 0 Å². The Kier molecular flexibility index (Phi) is 4.12. The van der Waals surface area contributed by atoms with E-state index in [2.05, 4.69) is 27.8 Å². The van der Waals surface area contributed by atoms with E-state index in [1.165, 1.54) is 6.20 Å². The zero-order valence-electron chi connectivity index (χ0n) is 8.50. The van der Waals surface area contributed by atoms with Crippen molar-refractivity contribution in [3.63, 3.8) is 0 Å². The molecule has 14 heavy (non-hydrogen) atoms. The van der Waals surface area contributed by atoms with Crippen LogP contribution in [0.2, 0.25) is 0 Å². The van der Waals surface area contributed by atoms with Crippen molar-refractivity contribution in [1.29, 1.82) is 0 Å². The lowest BCUT2D eigenvalue weighted by Crippen LogP contribution is -2.31. The molecule has 1 amide bonds. The van der Waals surface area contributed by atoms with E-state index in [-0.39, 0.29) is 5.91 Å². The molecule has 0 aliphatic heterocycles. The fourth-order valence-electron chi connectivity index (χ4n) is 1.16. The summed E-state index contributed by atoms with van der Waals surface area (Å²) in [7, 11) is 1.90. The summed E-state index contributed by atoms with van der Waals surface area (Å²) >= 11 is 0. The zero-order chi connectivity index (χ0) is 10.4. The topological polar surface area (TPSA) is 69.8 Å². The highest BCUT2D eigenvalue weighted by Crippen LogP contribution is 1.94. The number of aromatic amines is 1. The molecule has 1 unspecified atom stereocenters. The van der Waals surface area contributed by atoms with Gasteiger partial charge in [0.25, 0.3) is 5.91 Å². The Labute approximate surface area is 83.3 Å². The fraction of sp³-hybridized carbons (Fsp3) is 0.556. The maximum absolute atomic E-state index is 11.4. The number of nitrogens with zero attached hydrogens (tertiary/aromatic N) is 1. The first kappa shape index (κ1) is 10.7. The van der Waals surface area contributed by atoms with Gasteiger partial charge in [-0.25, -0.2) is 0 Å². The summed E-state index contributed by atoms with van der Waals surface area (Å²) in [5, 5.41) is 12.2. The Morgan fingerprint density at radius 1 is 1.64 bits per heavy atom. The molecule has 0 bridgehead atoms. The standard InChI is InChI=1S/C9H16N4O/c1-7(3-10-2)4-11-9(14)8-5-12-13-6-8/h5-7,10H,3-4H2,1-2H3,(H,11,14)(H,12,13). The van der Waals surface area contributed by atoms with Crippen molar-refractivity contribution in [2.45, 2.75) is 6.92 Å². The van der Waals surface area contributed by atoms with E-state index in [0.717, 1.165) is 6.54 Å². The minimum absolute atomic E-state index is 0.0818. The summed E-state index contributed by atoms with van der Waals surface area (Å²) in [6.45, 7) is 3.64. The normalized spacial score (nSPS) is 12.4. The van der Waals surface area contributed by atoms with Crippen LogP contribution in [0.1, 0.15) is 17.3 Å². The van der Waals surface area contributed by atoms with Gasteiger partial charge in [0, 0.05) is 12.7 Å². The number of hydrogen-bond donors (Lipinski definition) is 3. The highest BCUT2D eigenvalue weighted by atomic mass is 16.1. The lowest BCUT2D eigenvalue weighted by Gasteiger charge is -2.10. The van der Waals surface area contributed by atoms with Crippen molar-refractivity contribution in [1.82, 2.24) is 20.8 Å². The molecule has 1 heterocycles. The second-order valence-electron chi connectivity index (χ2n) is 3.36. The van der Waals surface area contributed by atoms with Crippen LogP contribution < -0.4 is 10.6 Å². The van der Waals surface area contributed by atoms with Crippen LogP contribution in [0.25, 0.3) is 0 Å². The predicted octanol–water partition coefficient (Wildman–Crippen LogP) is -0.00500. The molecule has 3 N–H and O–H groups in total. The molecule has 0 spiro atoms. The number of H-pyrrole nitrogens is 1. The lowest BCUT2D eigenvalue weighted by molar-refractivity contribution is 0.0948. The predicted molar refractivity (Wildman–Crippen MR) is 54.0 cm³/mol. The van der Waals surface area contributed by atoms with E-state index in [9.17, 15) is 4.79 Å². The third kappa shape index (κ3) is 3.18. The average molecular weight is 196 g/mol. The van der Waals surface area contributed by atoms with Gasteiger partial charge >= 0.3 is 0 Å². The zero-order valence-corrected chi connectivity index (χ0v) is 8.50. The van der Waals surface area contributed by atoms with E-state index in [0.29, 0.717) is 18.0 Å². The van der Waals surface area contributed by atoms with E-state index in [1.807, 2.05) is 7.05 Å². The first-order chi connectivity index (χ1) is 6.74. The monoisotopic (exact) mass is 196 g/mol. The molecule has 1 atom stereocenters. The summed E-state index contributed by atoms with van der Waals surface area (Å²) in [5.74, 6) is 0.345. The largest absolute Gasteiger partial charge is 0.352 e. The van der Waals surface area contributed by atoms with Gasteiger partial charge in [0.05, 0.1) is 11.8 Å². The Morgan fingerprint density at radius 2 is 2.43 bits per heavy atom. The molecular weight excluding hydrogens is 180 g/mol. The van der Waals surface area contributed by atoms with Crippen LogP contribution in [-0.4, -0.2) is 36.2 Å². The van der Waals surface area contributed by atoms with Crippen LogP contribution in [0.5, 0.6) is 0 Å². The smallest absolute Gasteiger partial charge is 0.254 e. The van der Waals surface area contributed by atoms with E-state index < -0.39 is 0 Å². The number of nitrogens with one attached hydrogen (secondary N) is 3. The number of carbonyl (C=O) groups is 1. The second kappa shape index (κ2) is 5.39. The molecule has 1 aromatic heterocycles. The van der Waals surface area contributed by atoms with Crippen molar-refractivity contribution in [2.75, 3.05) is 20.1 Å².